The molecule has 0 aliphatic carbocycles. The van der Waals surface area contributed by atoms with Gasteiger partial charge in [-0.1, -0.05) is 17.7 Å². The molecule has 3 aromatic carbocycles. The predicted molar refractivity (Wildman–Crippen MR) is 97.9 cm³/mol. The Morgan fingerprint density at radius 3 is 1.59 bits per heavy atom. The number of aryl methyl sites for hydroxylation is 1. The van der Waals surface area contributed by atoms with Crippen LogP contribution in [-0.4, -0.2) is 10.2 Å². The van der Waals surface area contributed by atoms with Crippen LogP contribution in [0.5, 0.6) is 11.5 Å². The average Bonchev–Trinajstić information content (AvgIpc) is 2.64. The molecule has 29 heavy (non-hydrogen) atoms. The Kier molecular flexibility index (Phi) is 5.03. The molecule has 0 radical (unpaired) electrons. The van der Waals surface area contributed by atoms with E-state index in [4.69, 9.17) is 0 Å². The number of phenolic OH excluding ortho intramolecular Hbond substituents is 2. The Hall–Kier alpha value is -3.09. The third-order valence-electron chi connectivity index (χ3n) is 5.01. The Bertz CT molecular complexity index is 1020. The summed E-state index contributed by atoms with van der Waals surface area (Å²) in [6.45, 7) is 2.76. The van der Waals surface area contributed by atoms with Gasteiger partial charge in [0.1, 0.15) is 23.1 Å². The van der Waals surface area contributed by atoms with Crippen molar-refractivity contribution in [1.82, 2.24) is 0 Å². The maximum absolute atomic E-state index is 14.0. The van der Waals surface area contributed by atoms with Crippen LogP contribution in [0.1, 0.15) is 34.7 Å². The molecule has 0 unspecified atom stereocenters. The zero-order valence-corrected chi connectivity index (χ0v) is 15.5. The molecule has 0 fully saturated rings. The highest BCUT2D eigenvalue weighted by molar-refractivity contribution is 5.60. The number of hydrogen-bond acceptors (Lipinski definition) is 2. The summed E-state index contributed by atoms with van der Waals surface area (Å²) in [5.41, 5.74) is -3.47. The molecule has 2 N–H and O–H groups in total. The Morgan fingerprint density at radius 1 is 0.655 bits per heavy atom. The quantitative estimate of drug-likeness (QED) is 0.409. The molecule has 0 amide bonds. The molecule has 0 bridgehead atoms. The molecule has 152 valence electrons. The lowest BCUT2D eigenvalue weighted by Crippen LogP contribution is -2.29. The highest BCUT2D eigenvalue weighted by atomic mass is 19.4. The first kappa shape index (κ1) is 20.6. The Balaban J connectivity index is 2.50. The third-order valence-corrected chi connectivity index (χ3v) is 5.01. The fraction of sp³-hybridized carbons (Fsp3) is 0.182. The van der Waals surface area contributed by atoms with Crippen LogP contribution in [0.2, 0.25) is 0 Å². The van der Waals surface area contributed by atoms with E-state index < -0.39 is 40.3 Å². The minimum absolute atomic E-state index is 0.243. The first-order valence-electron chi connectivity index (χ1n) is 8.61. The van der Waals surface area contributed by atoms with Gasteiger partial charge in [0.25, 0.3) is 0 Å². The van der Waals surface area contributed by atoms with Crippen molar-refractivity contribution in [3.8, 4) is 11.5 Å². The molecule has 3 aromatic rings. The summed E-state index contributed by atoms with van der Waals surface area (Å²) in [7, 11) is 0. The van der Waals surface area contributed by atoms with Gasteiger partial charge in [0, 0.05) is 11.1 Å². The molecule has 7 heteroatoms. The van der Waals surface area contributed by atoms with Crippen LogP contribution in [0, 0.1) is 18.6 Å². The standard InChI is InChI=1S/C22H17F5O2/c1-12-3-6-15(16(9-12)22(25,26)27)21(2,17-10-13(23)4-7-19(17)28)18-11-14(24)5-8-20(18)29/h3-11,28-29H,1-2H3. The Morgan fingerprint density at radius 2 is 1.14 bits per heavy atom. The van der Waals surface area contributed by atoms with Gasteiger partial charge in [-0.05, 0) is 61.9 Å². The molecular weight excluding hydrogens is 391 g/mol. The van der Waals surface area contributed by atoms with E-state index in [1.54, 1.807) is 0 Å². The molecule has 0 aliphatic heterocycles. The second-order valence-electron chi connectivity index (χ2n) is 6.99. The van der Waals surface area contributed by atoms with Gasteiger partial charge in [0.2, 0.25) is 0 Å². The van der Waals surface area contributed by atoms with Crippen LogP contribution in [0.4, 0.5) is 22.0 Å². The predicted octanol–water partition coefficient (Wildman–Crippen LogP) is 6.06. The molecule has 0 saturated carbocycles. The fourth-order valence-electron chi connectivity index (χ4n) is 3.58. The summed E-state index contributed by atoms with van der Waals surface area (Å²) in [4.78, 5) is 0. The van der Waals surface area contributed by atoms with Crippen molar-refractivity contribution in [1.29, 1.82) is 0 Å². The van der Waals surface area contributed by atoms with Crippen molar-refractivity contribution in [3.05, 3.63) is 94.0 Å². The van der Waals surface area contributed by atoms with E-state index in [0.717, 1.165) is 42.5 Å². The maximum Gasteiger partial charge on any atom is 0.416 e. The number of phenols is 2. The number of hydrogen-bond donors (Lipinski definition) is 2. The Labute approximate surface area is 163 Å². The van der Waals surface area contributed by atoms with Crippen molar-refractivity contribution >= 4 is 0 Å². The molecule has 0 spiro atoms. The second-order valence-corrected chi connectivity index (χ2v) is 6.99. The summed E-state index contributed by atoms with van der Waals surface area (Å²) >= 11 is 0. The van der Waals surface area contributed by atoms with Crippen LogP contribution in [-0.2, 0) is 11.6 Å². The van der Waals surface area contributed by atoms with E-state index in [1.165, 1.54) is 26.0 Å². The number of aromatic hydroxyl groups is 2. The van der Waals surface area contributed by atoms with Crippen molar-refractivity contribution in [3.63, 3.8) is 0 Å². The van der Waals surface area contributed by atoms with Crippen LogP contribution in [0.15, 0.2) is 54.6 Å². The van der Waals surface area contributed by atoms with E-state index in [9.17, 15) is 32.2 Å². The van der Waals surface area contributed by atoms with Gasteiger partial charge in [0.15, 0.2) is 0 Å². The highest BCUT2D eigenvalue weighted by Gasteiger charge is 2.44. The fourth-order valence-corrected chi connectivity index (χ4v) is 3.58. The van der Waals surface area contributed by atoms with Gasteiger partial charge < -0.3 is 10.2 Å². The normalized spacial score (nSPS) is 12.2. The summed E-state index contributed by atoms with van der Waals surface area (Å²) in [6, 6.07) is 9.18. The summed E-state index contributed by atoms with van der Waals surface area (Å²) in [5.74, 6) is -2.60. The van der Waals surface area contributed by atoms with E-state index in [1.807, 2.05) is 0 Å². The zero-order valence-electron chi connectivity index (χ0n) is 15.5. The molecule has 0 atom stereocenters. The lowest BCUT2D eigenvalue weighted by atomic mass is 9.68. The van der Waals surface area contributed by atoms with Gasteiger partial charge in [0.05, 0.1) is 11.0 Å². The van der Waals surface area contributed by atoms with Crippen molar-refractivity contribution in [2.75, 3.05) is 0 Å². The van der Waals surface area contributed by atoms with E-state index in [2.05, 4.69) is 0 Å². The van der Waals surface area contributed by atoms with Gasteiger partial charge in [-0.15, -0.1) is 0 Å². The molecule has 0 saturated heterocycles. The third kappa shape index (κ3) is 3.64. The van der Waals surface area contributed by atoms with Crippen molar-refractivity contribution in [2.24, 2.45) is 0 Å². The van der Waals surface area contributed by atoms with E-state index in [-0.39, 0.29) is 16.7 Å². The highest BCUT2D eigenvalue weighted by Crippen LogP contribution is 2.49. The molecule has 0 aromatic heterocycles. The van der Waals surface area contributed by atoms with Crippen LogP contribution < -0.4 is 0 Å². The first-order valence-corrected chi connectivity index (χ1v) is 8.61. The minimum atomic E-state index is -4.78. The van der Waals surface area contributed by atoms with Crippen molar-refractivity contribution < 1.29 is 32.2 Å². The summed E-state index contributed by atoms with van der Waals surface area (Å²) in [6.07, 6.45) is -4.78. The van der Waals surface area contributed by atoms with Gasteiger partial charge >= 0.3 is 6.18 Å². The lowest BCUT2D eigenvalue weighted by Gasteiger charge is -2.35. The van der Waals surface area contributed by atoms with Crippen molar-refractivity contribution in [2.45, 2.75) is 25.4 Å². The summed E-state index contributed by atoms with van der Waals surface area (Å²) in [5, 5.41) is 20.8. The minimum Gasteiger partial charge on any atom is -0.508 e. The second kappa shape index (κ2) is 7.06. The topological polar surface area (TPSA) is 40.5 Å². The van der Waals surface area contributed by atoms with Gasteiger partial charge in [-0.3, -0.25) is 0 Å². The number of alkyl halides is 3. The first-order chi connectivity index (χ1) is 13.4. The van der Waals surface area contributed by atoms with E-state index in [0.29, 0.717) is 5.56 Å². The maximum atomic E-state index is 14.0. The number of halogens is 5. The summed E-state index contributed by atoms with van der Waals surface area (Å²) < 4.78 is 69.7. The van der Waals surface area contributed by atoms with Gasteiger partial charge in [-0.25, -0.2) is 8.78 Å². The van der Waals surface area contributed by atoms with E-state index >= 15 is 0 Å². The molecular formula is C22H17F5O2. The van der Waals surface area contributed by atoms with Gasteiger partial charge in [-0.2, -0.15) is 13.2 Å². The molecule has 2 nitrogen and oxygen atoms in total. The SMILES string of the molecule is Cc1ccc(C(C)(c2cc(F)ccc2O)c2cc(F)ccc2O)c(C(F)(F)F)c1. The monoisotopic (exact) mass is 408 g/mol. The largest absolute Gasteiger partial charge is 0.508 e. The smallest absolute Gasteiger partial charge is 0.416 e. The average molecular weight is 408 g/mol. The van der Waals surface area contributed by atoms with Crippen LogP contribution in [0.3, 0.4) is 0 Å². The van der Waals surface area contributed by atoms with Crippen LogP contribution >= 0.6 is 0 Å². The van der Waals surface area contributed by atoms with Crippen LogP contribution in [0.25, 0.3) is 0 Å². The molecule has 3 rings (SSSR count). The molecule has 0 heterocycles. The number of benzene rings is 3. The lowest BCUT2D eigenvalue weighted by molar-refractivity contribution is -0.138. The molecule has 0 aliphatic rings. The number of rotatable bonds is 3. The zero-order chi connectivity index (χ0) is 21.6.